The molecule has 188 valence electrons. The van der Waals surface area contributed by atoms with Gasteiger partial charge in [0.1, 0.15) is 11.5 Å². The number of amides is 1. The first kappa shape index (κ1) is 25.2. The van der Waals surface area contributed by atoms with Gasteiger partial charge in [-0.15, -0.1) is 18.3 Å². The minimum Gasteiger partial charge on any atom is -0.507 e. The summed E-state index contributed by atoms with van der Waals surface area (Å²) in [5.74, 6) is -1.99. The van der Waals surface area contributed by atoms with Crippen molar-refractivity contribution in [2.75, 3.05) is 4.90 Å². The molecule has 4 rings (SSSR count). The molecule has 0 bridgehead atoms. The summed E-state index contributed by atoms with van der Waals surface area (Å²) in [7, 11) is 0. The number of aliphatic hydroxyl groups is 1. The Morgan fingerprint density at radius 3 is 2.33 bits per heavy atom. The maximum Gasteiger partial charge on any atom is 0.573 e. The van der Waals surface area contributed by atoms with Gasteiger partial charge in [-0.3, -0.25) is 14.5 Å². The minimum absolute atomic E-state index is 0.0652. The third-order valence-electron chi connectivity index (χ3n) is 6.17. The number of benzene rings is 1. The Bertz CT molecular complexity index is 1260. The van der Waals surface area contributed by atoms with Crippen LogP contribution in [0.1, 0.15) is 37.6 Å². The molecule has 2 unspecified atom stereocenters. The molecule has 1 saturated heterocycles. The Hall–Kier alpha value is -3.95. The van der Waals surface area contributed by atoms with E-state index < -0.39 is 29.8 Å². The van der Waals surface area contributed by atoms with Gasteiger partial charge < -0.3 is 9.84 Å². The van der Waals surface area contributed by atoms with Crippen LogP contribution >= 0.6 is 0 Å². The quantitative estimate of drug-likeness (QED) is 0.341. The molecular weight excluding hydrogens is 475 g/mol. The third-order valence-corrected chi connectivity index (χ3v) is 6.17. The predicted octanol–water partition coefficient (Wildman–Crippen LogP) is 5.31. The summed E-state index contributed by atoms with van der Waals surface area (Å²) >= 11 is 0. The number of ketones is 1. The van der Waals surface area contributed by atoms with Crippen molar-refractivity contribution in [3.63, 3.8) is 0 Å². The lowest BCUT2D eigenvalue weighted by atomic mass is 9.86. The first-order valence-corrected chi connectivity index (χ1v) is 11.3. The number of rotatable bonds is 5. The number of hydrogen-bond acceptors (Lipinski definition) is 6. The topological polar surface area (TPSA) is 92.6 Å². The fourth-order valence-corrected chi connectivity index (χ4v) is 4.22. The molecule has 0 saturated carbocycles. The number of aryl methyl sites for hydroxylation is 1. The molecular formula is C26H24F3N3O4. The second-order valence-electron chi connectivity index (χ2n) is 8.98. The van der Waals surface area contributed by atoms with Crippen molar-refractivity contribution >= 4 is 17.5 Å². The van der Waals surface area contributed by atoms with E-state index in [1.165, 1.54) is 18.2 Å². The molecule has 0 radical (unpaired) electrons. The molecule has 1 amide bonds. The van der Waals surface area contributed by atoms with Crippen LogP contribution in [0.2, 0.25) is 0 Å². The number of aliphatic hydroxyl groups excluding tert-OH is 1. The van der Waals surface area contributed by atoms with E-state index in [0.717, 1.165) is 17.0 Å². The monoisotopic (exact) mass is 499 g/mol. The second-order valence-corrected chi connectivity index (χ2v) is 8.98. The van der Waals surface area contributed by atoms with Gasteiger partial charge in [0.15, 0.2) is 5.82 Å². The van der Waals surface area contributed by atoms with Crippen LogP contribution in [0.25, 0.3) is 0 Å². The maximum absolute atomic E-state index is 13.2. The van der Waals surface area contributed by atoms with Gasteiger partial charge in [0.25, 0.3) is 5.78 Å². The van der Waals surface area contributed by atoms with Gasteiger partial charge in [-0.1, -0.05) is 44.2 Å². The summed E-state index contributed by atoms with van der Waals surface area (Å²) in [6.07, 6.45) is 1.22. The third kappa shape index (κ3) is 5.02. The number of halogens is 3. The standard InChI is InChI=1S/C26H24F3N3O4/c1-14(2)16-5-7-18(8-6-16)23(33)21-22(17-9-11-19(12-10-17)36-26(27,28)29)32(25(35)24(21)34)20-13-4-15(3)30-31-20/h4-5,7-14,16,22,33H,6H2,1-3H3. The zero-order valence-corrected chi connectivity index (χ0v) is 19.8. The lowest BCUT2D eigenvalue weighted by Gasteiger charge is -2.25. The number of nitrogens with zero attached hydrogens (tertiary/aromatic N) is 3. The van der Waals surface area contributed by atoms with Crippen molar-refractivity contribution in [2.45, 2.75) is 39.6 Å². The highest BCUT2D eigenvalue weighted by Gasteiger charge is 2.48. The zero-order valence-electron chi connectivity index (χ0n) is 19.8. The van der Waals surface area contributed by atoms with Gasteiger partial charge in [0.05, 0.1) is 17.3 Å². The molecule has 0 spiro atoms. The average Bonchev–Trinajstić information content (AvgIpc) is 3.09. The van der Waals surface area contributed by atoms with Gasteiger partial charge in [0.2, 0.25) is 0 Å². The van der Waals surface area contributed by atoms with Crippen molar-refractivity contribution in [2.24, 2.45) is 11.8 Å². The second kappa shape index (κ2) is 9.60. The fourth-order valence-electron chi connectivity index (χ4n) is 4.22. The lowest BCUT2D eigenvalue weighted by molar-refractivity contribution is -0.274. The van der Waals surface area contributed by atoms with E-state index in [9.17, 15) is 27.9 Å². The summed E-state index contributed by atoms with van der Waals surface area (Å²) in [6.45, 7) is 5.86. The predicted molar refractivity (Wildman–Crippen MR) is 125 cm³/mol. The molecule has 1 aromatic heterocycles. The van der Waals surface area contributed by atoms with E-state index in [1.54, 1.807) is 25.1 Å². The number of ether oxygens (including phenoxy) is 1. The number of Topliss-reactive ketones (excluding diaryl/α,β-unsaturated/α-hetero) is 1. The number of aromatic nitrogens is 2. The molecule has 2 atom stereocenters. The van der Waals surface area contributed by atoms with Crippen molar-refractivity contribution in [3.8, 4) is 5.75 Å². The molecule has 36 heavy (non-hydrogen) atoms. The molecule has 7 nitrogen and oxygen atoms in total. The Kier molecular flexibility index (Phi) is 6.71. The van der Waals surface area contributed by atoms with E-state index in [2.05, 4.69) is 28.8 Å². The van der Waals surface area contributed by atoms with Crippen LogP contribution in [0.5, 0.6) is 5.75 Å². The van der Waals surface area contributed by atoms with Crippen molar-refractivity contribution < 1.29 is 32.6 Å². The van der Waals surface area contributed by atoms with E-state index in [-0.39, 0.29) is 28.6 Å². The largest absolute Gasteiger partial charge is 0.573 e. The van der Waals surface area contributed by atoms with E-state index in [0.29, 0.717) is 23.6 Å². The Balaban J connectivity index is 1.81. The first-order valence-electron chi connectivity index (χ1n) is 11.3. The normalized spacial score (nSPS) is 21.8. The molecule has 1 aromatic carbocycles. The van der Waals surface area contributed by atoms with Crippen molar-refractivity contribution in [1.82, 2.24) is 10.2 Å². The number of carbonyl (C=O) groups is 2. The number of carbonyl (C=O) groups excluding carboxylic acids is 2. The van der Waals surface area contributed by atoms with Crippen LogP contribution in [-0.2, 0) is 9.59 Å². The maximum atomic E-state index is 13.2. The van der Waals surface area contributed by atoms with Crippen LogP contribution in [0.15, 0.2) is 71.5 Å². The highest BCUT2D eigenvalue weighted by atomic mass is 19.4. The van der Waals surface area contributed by atoms with Crippen LogP contribution in [0, 0.1) is 18.8 Å². The van der Waals surface area contributed by atoms with E-state index >= 15 is 0 Å². The summed E-state index contributed by atoms with van der Waals surface area (Å²) in [4.78, 5) is 27.4. The number of allylic oxidation sites excluding steroid dienone is 3. The lowest BCUT2D eigenvalue weighted by Crippen LogP contribution is -2.30. The average molecular weight is 499 g/mol. The Labute approximate surface area is 205 Å². The molecule has 2 heterocycles. The van der Waals surface area contributed by atoms with Crippen LogP contribution in [-0.4, -0.2) is 33.4 Å². The first-order chi connectivity index (χ1) is 17.0. The molecule has 10 heteroatoms. The SMILES string of the molecule is Cc1ccc(N2C(=O)C(=O)C(=C(O)C3=CCC(C(C)C)C=C3)C2c2ccc(OC(F)(F)F)cc2)nn1. The molecule has 1 N–H and O–H groups in total. The molecule has 2 aliphatic rings. The molecule has 1 aliphatic heterocycles. The minimum atomic E-state index is -4.87. The van der Waals surface area contributed by atoms with Crippen molar-refractivity contribution in [3.05, 3.63) is 82.8 Å². The summed E-state index contributed by atoms with van der Waals surface area (Å²) in [6, 6.07) is 6.75. The van der Waals surface area contributed by atoms with Crippen molar-refractivity contribution in [1.29, 1.82) is 0 Å². The summed E-state index contributed by atoms with van der Waals surface area (Å²) in [5, 5.41) is 19.2. The Morgan fingerprint density at radius 2 is 1.81 bits per heavy atom. The van der Waals surface area contributed by atoms with Gasteiger partial charge in [0, 0.05) is 5.57 Å². The number of hydrogen-bond donors (Lipinski definition) is 1. The molecule has 2 aromatic rings. The van der Waals surface area contributed by atoms with E-state index in [1.807, 2.05) is 6.08 Å². The highest BCUT2D eigenvalue weighted by Crippen LogP contribution is 2.42. The van der Waals surface area contributed by atoms with Crippen LogP contribution in [0.4, 0.5) is 19.0 Å². The summed E-state index contributed by atoms with van der Waals surface area (Å²) < 4.78 is 41.8. The smallest absolute Gasteiger partial charge is 0.507 e. The number of alkyl halides is 3. The Morgan fingerprint density at radius 1 is 1.11 bits per heavy atom. The highest BCUT2D eigenvalue weighted by molar-refractivity contribution is 6.50. The summed E-state index contributed by atoms with van der Waals surface area (Å²) in [5.41, 5.74) is 1.07. The molecule has 1 fully saturated rings. The molecule has 1 aliphatic carbocycles. The number of anilines is 1. The van der Waals surface area contributed by atoms with Gasteiger partial charge >= 0.3 is 12.3 Å². The van der Waals surface area contributed by atoms with E-state index in [4.69, 9.17) is 0 Å². The van der Waals surface area contributed by atoms with Gasteiger partial charge in [-0.05, 0) is 55.0 Å². The van der Waals surface area contributed by atoms with Gasteiger partial charge in [-0.25, -0.2) is 0 Å². The van der Waals surface area contributed by atoms with Crippen LogP contribution < -0.4 is 9.64 Å². The fraction of sp³-hybridized carbons (Fsp3) is 0.308. The van der Waals surface area contributed by atoms with Crippen LogP contribution in [0.3, 0.4) is 0 Å². The zero-order chi connectivity index (χ0) is 26.2. The van der Waals surface area contributed by atoms with Gasteiger partial charge in [-0.2, -0.15) is 5.10 Å².